The normalized spacial score (nSPS) is 16.2. The van der Waals surface area contributed by atoms with Gasteiger partial charge in [0.05, 0.1) is 5.69 Å². The fourth-order valence-corrected chi connectivity index (χ4v) is 4.70. The third-order valence-electron chi connectivity index (χ3n) is 5.37. The molecule has 3 amide bonds. The van der Waals surface area contributed by atoms with Crippen LogP contribution in [0.3, 0.4) is 0 Å². The van der Waals surface area contributed by atoms with Crippen LogP contribution in [-0.4, -0.2) is 32.7 Å². The van der Waals surface area contributed by atoms with E-state index in [4.69, 9.17) is 0 Å². The van der Waals surface area contributed by atoms with Crippen molar-refractivity contribution in [2.24, 2.45) is 0 Å². The number of nitrogens with one attached hydrogen (secondary N) is 2. The highest BCUT2D eigenvalue weighted by Gasteiger charge is 2.27. The summed E-state index contributed by atoms with van der Waals surface area (Å²) in [7, 11) is 0. The minimum Gasteiger partial charge on any atom is -0.334 e. The van der Waals surface area contributed by atoms with Crippen LogP contribution in [0.4, 0.5) is 4.79 Å². The maximum Gasteiger partial charge on any atom is 0.321 e. The summed E-state index contributed by atoms with van der Waals surface area (Å²) in [5, 5.41) is 14.8. The zero-order valence-electron chi connectivity index (χ0n) is 17.8. The van der Waals surface area contributed by atoms with Gasteiger partial charge in [0.2, 0.25) is 5.91 Å². The van der Waals surface area contributed by atoms with Crippen molar-refractivity contribution in [3.05, 3.63) is 70.5 Å². The van der Waals surface area contributed by atoms with Crippen LogP contribution < -0.4 is 10.6 Å². The first kappa shape index (κ1) is 21.1. The van der Waals surface area contributed by atoms with Gasteiger partial charge >= 0.3 is 6.03 Å². The van der Waals surface area contributed by atoms with Gasteiger partial charge in [0.15, 0.2) is 5.16 Å². The lowest BCUT2D eigenvalue weighted by atomic mass is 10.1. The van der Waals surface area contributed by atoms with E-state index in [0.29, 0.717) is 6.42 Å². The van der Waals surface area contributed by atoms with E-state index in [1.165, 1.54) is 11.1 Å². The van der Waals surface area contributed by atoms with Crippen LogP contribution in [0.1, 0.15) is 34.5 Å². The lowest BCUT2D eigenvalue weighted by molar-refractivity contribution is -0.121. The number of carbonyl (C=O) groups excluding carboxylic acids is 2. The molecule has 7 nitrogen and oxygen atoms in total. The first-order valence-electron chi connectivity index (χ1n) is 10.2. The molecule has 2 aromatic carbocycles. The number of benzene rings is 2. The van der Waals surface area contributed by atoms with Crippen molar-refractivity contribution in [3.63, 3.8) is 0 Å². The van der Waals surface area contributed by atoms with Crippen molar-refractivity contribution in [2.75, 3.05) is 0 Å². The van der Waals surface area contributed by atoms with Crippen molar-refractivity contribution < 1.29 is 9.59 Å². The van der Waals surface area contributed by atoms with E-state index in [9.17, 15) is 9.59 Å². The molecule has 1 aromatic heterocycles. The molecule has 2 heterocycles. The van der Waals surface area contributed by atoms with Gasteiger partial charge in [-0.05, 0) is 49.1 Å². The molecule has 1 aliphatic rings. The monoisotopic (exact) mass is 435 g/mol. The second-order valence-corrected chi connectivity index (χ2v) is 8.81. The summed E-state index contributed by atoms with van der Waals surface area (Å²) in [4.78, 5) is 23.5. The number of thioether (sulfide) groups is 1. The van der Waals surface area contributed by atoms with Crippen molar-refractivity contribution in [1.82, 2.24) is 25.4 Å². The molecular weight excluding hydrogens is 410 g/mol. The molecule has 0 saturated carbocycles. The molecular formula is C23H25N5O2S. The summed E-state index contributed by atoms with van der Waals surface area (Å²) in [6, 6.07) is 13.8. The van der Waals surface area contributed by atoms with Crippen LogP contribution in [0.25, 0.3) is 5.69 Å². The number of imide groups is 1. The summed E-state index contributed by atoms with van der Waals surface area (Å²) in [5.41, 5.74) is 5.75. The Bertz CT molecular complexity index is 1120. The zero-order chi connectivity index (χ0) is 22.0. The van der Waals surface area contributed by atoms with Gasteiger partial charge in [-0.1, -0.05) is 48.2 Å². The Kier molecular flexibility index (Phi) is 6.08. The summed E-state index contributed by atoms with van der Waals surface area (Å²) in [6.07, 6.45) is 0.640. The predicted octanol–water partition coefficient (Wildman–Crippen LogP) is 3.63. The fourth-order valence-electron chi connectivity index (χ4n) is 3.66. The average Bonchev–Trinajstić information content (AvgIpc) is 3.10. The van der Waals surface area contributed by atoms with Gasteiger partial charge in [-0.2, -0.15) is 0 Å². The lowest BCUT2D eigenvalue weighted by Crippen LogP contribution is -2.53. The lowest BCUT2D eigenvalue weighted by Gasteiger charge is -2.23. The smallest absolute Gasteiger partial charge is 0.321 e. The number of nitrogens with zero attached hydrogens (tertiary/aromatic N) is 3. The number of aromatic nitrogens is 3. The fraction of sp³-hybridized carbons (Fsp3) is 0.304. The van der Waals surface area contributed by atoms with Crippen LogP contribution in [0.5, 0.6) is 0 Å². The Morgan fingerprint density at radius 3 is 2.65 bits per heavy atom. The minimum atomic E-state index is -0.465. The third-order valence-corrected chi connectivity index (χ3v) is 6.35. The summed E-state index contributed by atoms with van der Waals surface area (Å²) in [6.45, 7) is 6.22. The van der Waals surface area contributed by atoms with E-state index in [1.807, 2.05) is 12.1 Å². The maximum absolute atomic E-state index is 11.8. The van der Waals surface area contributed by atoms with Gasteiger partial charge < -0.3 is 5.32 Å². The zero-order valence-corrected chi connectivity index (χ0v) is 18.6. The summed E-state index contributed by atoms with van der Waals surface area (Å²) in [5.74, 6) is 1.22. The molecule has 160 valence electrons. The Balaban J connectivity index is 1.68. The molecule has 8 heteroatoms. The second kappa shape index (κ2) is 8.93. The van der Waals surface area contributed by atoms with Gasteiger partial charge in [0.1, 0.15) is 5.82 Å². The van der Waals surface area contributed by atoms with E-state index in [-0.39, 0.29) is 18.4 Å². The number of amides is 3. The van der Waals surface area contributed by atoms with Crippen LogP contribution in [0.2, 0.25) is 0 Å². The molecule has 2 N–H and O–H groups in total. The number of carbonyl (C=O) groups is 2. The minimum absolute atomic E-state index is 0.219. The molecule has 4 rings (SSSR count). The average molecular weight is 436 g/mol. The van der Waals surface area contributed by atoms with E-state index in [2.05, 4.69) is 76.5 Å². The quantitative estimate of drug-likeness (QED) is 0.577. The predicted molar refractivity (Wildman–Crippen MR) is 120 cm³/mol. The largest absolute Gasteiger partial charge is 0.334 e. The van der Waals surface area contributed by atoms with Crippen LogP contribution in [0, 0.1) is 20.8 Å². The Labute approximate surface area is 185 Å². The molecule has 0 radical (unpaired) electrons. The maximum atomic E-state index is 11.8. The topological polar surface area (TPSA) is 88.9 Å². The third kappa shape index (κ3) is 4.80. The van der Waals surface area contributed by atoms with Crippen molar-refractivity contribution in [2.45, 2.75) is 50.6 Å². The molecule has 1 unspecified atom stereocenters. The molecule has 3 aromatic rings. The first-order chi connectivity index (χ1) is 14.9. The van der Waals surface area contributed by atoms with Crippen LogP contribution >= 0.6 is 11.8 Å². The van der Waals surface area contributed by atoms with E-state index in [0.717, 1.165) is 33.5 Å². The van der Waals surface area contributed by atoms with E-state index in [1.54, 1.807) is 11.8 Å². The Morgan fingerprint density at radius 1 is 1.06 bits per heavy atom. The number of hydrogen-bond acceptors (Lipinski definition) is 5. The van der Waals surface area contributed by atoms with Crippen molar-refractivity contribution in [3.8, 4) is 5.69 Å². The van der Waals surface area contributed by atoms with Gasteiger partial charge in [-0.25, -0.2) is 4.79 Å². The number of rotatable bonds is 6. The molecule has 0 aliphatic carbocycles. The standard InChI is InChI=1S/C23H25N5O2S/c1-14-8-9-16(3)19(10-14)28-20(11-18-12-21(29)25-22(30)24-18)26-27-23(28)31-13-17-7-5-4-6-15(17)2/h4-10,18H,11-13H2,1-3H3,(H2,24,25,29,30). The summed E-state index contributed by atoms with van der Waals surface area (Å²) < 4.78 is 2.06. The van der Waals surface area contributed by atoms with Crippen molar-refractivity contribution >= 4 is 23.7 Å². The SMILES string of the molecule is Cc1ccc(C)c(-n2c(CC3CC(=O)NC(=O)N3)nnc2SCc2ccccc2C)c1. The summed E-state index contributed by atoms with van der Waals surface area (Å²) >= 11 is 1.63. The van der Waals surface area contributed by atoms with Gasteiger partial charge in [-0.3, -0.25) is 14.7 Å². The number of urea groups is 1. The molecule has 1 saturated heterocycles. The van der Waals surface area contributed by atoms with Crippen LogP contribution in [0.15, 0.2) is 47.6 Å². The van der Waals surface area contributed by atoms with Crippen molar-refractivity contribution in [1.29, 1.82) is 0 Å². The highest BCUT2D eigenvalue weighted by atomic mass is 32.2. The molecule has 31 heavy (non-hydrogen) atoms. The Morgan fingerprint density at radius 2 is 1.87 bits per heavy atom. The molecule has 1 fully saturated rings. The molecule has 1 atom stereocenters. The van der Waals surface area contributed by atoms with Gasteiger partial charge in [0.25, 0.3) is 0 Å². The Hall–Kier alpha value is -3.13. The van der Waals surface area contributed by atoms with E-state index < -0.39 is 6.03 Å². The molecule has 0 spiro atoms. The highest BCUT2D eigenvalue weighted by Crippen LogP contribution is 2.29. The van der Waals surface area contributed by atoms with Gasteiger partial charge in [0, 0.05) is 24.6 Å². The molecule has 0 bridgehead atoms. The van der Waals surface area contributed by atoms with Gasteiger partial charge in [-0.15, -0.1) is 10.2 Å². The van der Waals surface area contributed by atoms with E-state index >= 15 is 0 Å². The number of aryl methyl sites for hydroxylation is 3. The second-order valence-electron chi connectivity index (χ2n) is 7.87. The highest BCUT2D eigenvalue weighted by molar-refractivity contribution is 7.98. The number of hydrogen-bond donors (Lipinski definition) is 2. The first-order valence-corrected chi connectivity index (χ1v) is 11.2. The van der Waals surface area contributed by atoms with Crippen LogP contribution in [-0.2, 0) is 17.0 Å². The molecule has 1 aliphatic heterocycles.